The lowest BCUT2D eigenvalue weighted by molar-refractivity contribution is 0.411. The molecule has 4 aromatic rings. The number of aromatic nitrogens is 4. The Bertz CT molecular complexity index is 1220. The summed E-state index contributed by atoms with van der Waals surface area (Å²) in [4.78, 5) is 12.6. The lowest BCUT2D eigenvalue weighted by Gasteiger charge is -2.07. The predicted octanol–water partition coefficient (Wildman–Crippen LogP) is 3.23. The van der Waals surface area contributed by atoms with Crippen LogP contribution in [0.3, 0.4) is 0 Å². The van der Waals surface area contributed by atoms with Gasteiger partial charge in [-0.2, -0.15) is 8.42 Å². The first kappa shape index (κ1) is 17.7. The van der Waals surface area contributed by atoms with Gasteiger partial charge in [0.15, 0.2) is 22.4 Å². The van der Waals surface area contributed by atoms with E-state index in [-0.39, 0.29) is 10.9 Å². The number of nitrogens with zero attached hydrogens (tertiary/aromatic N) is 4. The Balaban J connectivity index is 1.81. The van der Waals surface area contributed by atoms with E-state index in [2.05, 4.69) is 15.0 Å². The first-order valence-electron chi connectivity index (χ1n) is 7.92. The summed E-state index contributed by atoms with van der Waals surface area (Å²) in [6.45, 7) is 0.505. The van der Waals surface area contributed by atoms with Crippen LogP contribution in [0.4, 0.5) is 0 Å². The summed E-state index contributed by atoms with van der Waals surface area (Å²) < 4.78 is 38.8. The van der Waals surface area contributed by atoms with Crippen molar-refractivity contribution in [2.45, 2.75) is 18.1 Å². The van der Waals surface area contributed by atoms with Gasteiger partial charge in [0.2, 0.25) is 5.09 Å². The molecule has 27 heavy (non-hydrogen) atoms. The van der Waals surface area contributed by atoms with Gasteiger partial charge in [0.05, 0.1) is 0 Å². The monoisotopic (exact) mass is 404 g/mol. The highest BCUT2D eigenvalue weighted by Crippen LogP contribution is 2.29. The molecule has 3 aromatic heterocycles. The summed E-state index contributed by atoms with van der Waals surface area (Å²) >= 11 is 6.13. The number of hydrogen-bond acceptors (Lipinski definition) is 6. The number of hydrogen-bond donors (Lipinski definition) is 1. The number of fused-ring (bicyclic) bond motifs is 1. The lowest BCUT2D eigenvalue weighted by Crippen LogP contribution is -2.04. The third-order valence-electron chi connectivity index (χ3n) is 4.01. The molecule has 1 N–H and O–H groups in total. The summed E-state index contributed by atoms with van der Waals surface area (Å²) in [6, 6.07) is 12.4. The standard InChI is InChI=1S/C17H13ClN4O4S/c18-15-14-17(20-10-19-15)22(9-8-11-4-2-1-3-5-11)16(21-14)12-6-7-13(26-12)27(23,24)25/h1-7,10H,8-9H2,(H,23,24,25). The molecule has 0 fully saturated rings. The second kappa shape index (κ2) is 6.76. The lowest BCUT2D eigenvalue weighted by atomic mass is 10.1. The van der Waals surface area contributed by atoms with E-state index >= 15 is 0 Å². The van der Waals surface area contributed by atoms with Crippen molar-refractivity contribution in [3.05, 3.63) is 59.5 Å². The highest BCUT2D eigenvalue weighted by atomic mass is 35.5. The molecule has 0 atom stereocenters. The molecular formula is C17H13ClN4O4S. The molecule has 3 heterocycles. The van der Waals surface area contributed by atoms with Gasteiger partial charge in [-0.25, -0.2) is 15.0 Å². The third-order valence-corrected chi connectivity index (χ3v) is 5.01. The van der Waals surface area contributed by atoms with Gasteiger partial charge in [-0.15, -0.1) is 0 Å². The Morgan fingerprint density at radius 3 is 2.59 bits per heavy atom. The van der Waals surface area contributed by atoms with Gasteiger partial charge in [-0.1, -0.05) is 41.9 Å². The normalized spacial score (nSPS) is 11.9. The fourth-order valence-corrected chi connectivity index (χ4v) is 3.38. The van der Waals surface area contributed by atoms with Gasteiger partial charge in [0.1, 0.15) is 11.8 Å². The van der Waals surface area contributed by atoms with Crippen LogP contribution >= 0.6 is 11.6 Å². The van der Waals surface area contributed by atoms with Crippen LogP contribution in [0.25, 0.3) is 22.7 Å². The van der Waals surface area contributed by atoms with Crippen molar-refractivity contribution in [3.63, 3.8) is 0 Å². The number of aryl methyl sites for hydroxylation is 2. The van der Waals surface area contributed by atoms with E-state index in [1.165, 1.54) is 18.5 Å². The Hall–Kier alpha value is -2.75. The average molecular weight is 405 g/mol. The molecule has 0 aliphatic rings. The first-order valence-corrected chi connectivity index (χ1v) is 9.73. The number of benzene rings is 1. The zero-order valence-corrected chi connectivity index (χ0v) is 15.4. The van der Waals surface area contributed by atoms with Crippen LogP contribution in [-0.2, 0) is 23.1 Å². The second-order valence-electron chi connectivity index (χ2n) is 5.75. The number of furan rings is 1. The summed E-state index contributed by atoms with van der Waals surface area (Å²) in [5, 5.41) is -0.377. The van der Waals surface area contributed by atoms with Gasteiger partial charge in [0, 0.05) is 6.54 Å². The fourth-order valence-electron chi connectivity index (χ4n) is 2.77. The smallest absolute Gasteiger partial charge is 0.328 e. The molecule has 4 rings (SSSR count). The molecule has 1 aromatic carbocycles. The second-order valence-corrected chi connectivity index (χ2v) is 7.46. The van der Waals surface area contributed by atoms with E-state index in [1.54, 1.807) is 4.57 Å². The maximum absolute atomic E-state index is 11.3. The minimum Gasteiger partial charge on any atom is -0.439 e. The number of halogens is 1. The van der Waals surface area contributed by atoms with Crippen LogP contribution in [0.1, 0.15) is 5.56 Å². The quantitative estimate of drug-likeness (QED) is 0.401. The van der Waals surface area contributed by atoms with Crippen molar-refractivity contribution in [1.29, 1.82) is 0 Å². The largest absolute Gasteiger partial charge is 0.439 e. The molecule has 0 aliphatic carbocycles. The zero-order valence-electron chi connectivity index (χ0n) is 13.8. The van der Waals surface area contributed by atoms with E-state index in [0.717, 1.165) is 5.56 Å². The zero-order chi connectivity index (χ0) is 19.0. The molecular weight excluding hydrogens is 392 g/mol. The molecule has 0 amide bonds. The molecule has 8 nitrogen and oxygen atoms in total. The molecule has 0 saturated carbocycles. The molecule has 10 heteroatoms. The van der Waals surface area contributed by atoms with Crippen molar-refractivity contribution in [2.24, 2.45) is 0 Å². The van der Waals surface area contributed by atoms with Crippen LogP contribution < -0.4 is 0 Å². The van der Waals surface area contributed by atoms with E-state index in [1.807, 2.05) is 30.3 Å². The van der Waals surface area contributed by atoms with Crippen molar-refractivity contribution >= 4 is 32.9 Å². The molecule has 0 saturated heterocycles. The van der Waals surface area contributed by atoms with Gasteiger partial charge in [0.25, 0.3) is 0 Å². The van der Waals surface area contributed by atoms with Crippen LogP contribution in [-0.4, -0.2) is 32.5 Å². The predicted molar refractivity (Wildman–Crippen MR) is 98.0 cm³/mol. The molecule has 0 spiro atoms. The highest BCUT2D eigenvalue weighted by Gasteiger charge is 2.22. The van der Waals surface area contributed by atoms with E-state index in [4.69, 9.17) is 20.6 Å². The van der Waals surface area contributed by atoms with Crippen molar-refractivity contribution in [1.82, 2.24) is 19.5 Å². The van der Waals surface area contributed by atoms with Crippen LogP contribution in [0.5, 0.6) is 0 Å². The van der Waals surface area contributed by atoms with Gasteiger partial charge >= 0.3 is 10.1 Å². The maximum atomic E-state index is 11.3. The molecule has 0 bridgehead atoms. The summed E-state index contributed by atoms with van der Waals surface area (Å²) in [5.74, 6) is 0.517. The average Bonchev–Trinajstić information content (AvgIpc) is 3.26. The fraction of sp³-hybridized carbons (Fsp3) is 0.118. The molecule has 0 aliphatic heterocycles. The Morgan fingerprint density at radius 1 is 1.11 bits per heavy atom. The topological polar surface area (TPSA) is 111 Å². The maximum Gasteiger partial charge on any atom is 0.328 e. The first-order chi connectivity index (χ1) is 12.9. The third kappa shape index (κ3) is 3.44. The number of imidazole rings is 1. The van der Waals surface area contributed by atoms with Crippen molar-refractivity contribution in [3.8, 4) is 11.6 Å². The van der Waals surface area contributed by atoms with E-state index in [9.17, 15) is 8.42 Å². The van der Waals surface area contributed by atoms with Gasteiger partial charge in [-0.3, -0.25) is 4.55 Å². The number of rotatable bonds is 5. The summed E-state index contributed by atoms with van der Waals surface area (Å²) in [5.41, 5.74) is 2.00. The minimum atomic E-state index is -4.45. The minimum absolute atomic E-state index is 0.171. The Kier molecular flexibility index (Phi) is 4.42. The molecule has 138 valence electrons. The van der Waals surface area contributed by atoms with Crippen LogP contribution in [0, 0.1) is 0 Å². The highest BCUT2D eigenvalue weighted by molar-refractivity contribution is 7.85. The molecule has 0 radical (unpaired) electrons. The van der Waals surface area contributed by atoms with E-state index in [0.29, 0.717) is 30.0 Å². The summed E-state index contributed by atoms with van der Waals surface area (Å²) in [6.07, 6.45) is 2.02. The molecule has 0 unspecified atom stereocenters. The summed E-state index contributed by atoms with van der Waals surface area (Å²) in [7, 11) is -4.45. The van der Waals surface area contributed by atoms with Gasteiger partial charge in [-0.05, 0) is 24.1 Å². The van der Waals surface area contributed by atoms with Gasteiger partial charge < -0.3 is 8.98 Å². The SMILES string of the molecule is O=S(=O)(O)c1ccc(-c2nc3c(Cl)ncnc3n2CCc2ccccc2)o1. The van der Waals surface area contributed by atoms with E-state index < -0.39 is 15.2 Å². The Labute approximate surface area is 159 Å². The van der Waals surface area contributed by atoms with Crippen molar-refractivity contribution in [2.75, 3.05) is 0 Å². The van der Waals surface area contributed by atoms with Crippen LogP contribution in [0.2, 0.25) is 5.15 Å². The Morgan fingerprint density at radius 2 is 1.89 bits per heavy atom. The van der Waals surface area contributed by atoms with Crippen LogP contribution in [0.15, 0.2) is 58.3 Å². The van der Waals surface area contributed by atoms with Crippen molar-refractivity contribution < 1.29 is 17.4 Å².